The highest BCUT2D eigenvalue weighted by molar-refractivity contribution is 6.02. The van der Waals surface area contributed by atoms with Crippen molar-refractivity contribution in [3.8, 4) is 5.75 Å². The van der Waals surface area contributed by atoms with E-state index in [0.29, 0.717) is 12.2 Å². The van der Waals surface area contributed by atoms with Gasteiger partial charge in [-0.05, 0) is 18.2 Å². The standard InChI is InChI=1S/C12H12N4O4/c1-2-9-14-10(16-15-9)11(18)13-6-3-4-8(17)7(5-6)12(19)20/h3-5,17H,2H2,1H3,(H,13,18)(H,19,20)(H,14,15,16). The zero-order valence-electron chi connectivity index (χ0n) is 10.5. The minimum Gasteiger partial charge on any atom is -0.507 e. The highest BCUT2D eigenvalue weighted by Gasteiger charge is 2.15. The van der Waals surface area contributed by atoms with Crippen molar-refractivity contribution in [1.82, 2.24) is 15.2 Å². The van der Waals surface area contributed by atoms with Crippen LogP contribution in [0.4, 0.5) is 5.69 Å². The number of hydrogen-bond donors (Lipinski definition) is 4. The van der Waals surface area contributed by atoms with Crippen LogP contribution in [0.5, 0.6) is 5.75 Å². The summed E-state index contributed by atoms with van der Waals surface area (Å²) in [7, 11) is 0. The molecule has 0 bridgehead atoms. The van der Waals surface area contributed by atoms with Gasteiger partial charge in [0.15, 0.2) is 0 Å². The molecule has 2 rings (SSSR count). The van der Waals surface area contributed by atoms with Crippen molar-refractivity contribution in [2.75, 3.05) is 5.32 Å². The van der Waals surface area contributed by atoms with Crippen molar-refractivity contribution in [1.29, 1.82) is 0 Å². The Morgan fingerprint density at radius 2 is 2.15 bits per heavy atom. The molecule has 1 aromatic carbocycles. The van der Waals surface area contributed by atoms with E-state index in [0.717, 1.165) is 6.07 Å². The molecule has 0 unspecified atom stereocenters. The number of aromatic amines is 1. The molecule has 0 fully saturated rings. The van der Waals surface area contributed by atoms with E-state index in [1.165, 1.54) is 12.1 Å². The number of H-pyrrole nitrogens is 1. The number of carboxylic acid groups (broad SMARTS) is 1. The maximum Gasteiger partial charge on any atom is 0.339 e. The Kier molecular flexibility index (Phi) is 3.65. The zero-order chi connectivity index (χ0) is 14.7. The third-order valence-corrected chi connectivity index (χ3v) is 2.55. The number of aromatic nitrogens is 3. The number of benzene rings is 1. The van der Waals surface area contributed by atoms with Crippen molar-refractivity contribution in [3.63, 3.8) is 0 Å². The smallest absolute Gasteiger partial charge is 0.339 e. The lowest BCUT2D eigenvalue weighted by Crippen LogP contribution is -2.14. The van der Waals surface area contributed by atoms with Crippen LogP contribution in [0, 0.1) is 0 Å². The summed E-state index contributed by atoms with van der Waals surface area (Å²) in [5.74, 6) is -1.69. The van der Waals surface area contributed by atoms with E-state index in [1.54, 1.807) is 0 Å². The summed E-state index contributed by atoms with van der Waals surface area (Å²) in [6.07, 6.45) is 0.614. The Bertz CT molecular complexity index is 665. The minimum absolute atomic E-state index is 0.0354. The van der Waals surface area contributed by atoms with E-state index in [-0.39, 0.29) is 22.8 Å². The number of anilines is 1. The Morgan fingerprint density at radius 3 is 2.75 bits per heavy atom. The Morgan fingerprint density at radius 1 is 1.40 bits per heavy atom. The van der Waals surface area contributed by atoms with Crippen molar-refractivity contribution in [2.24, 2.45) is 0 Å². The molecule has 20 heavy (non-hydrogen) atoms. The maximum absolute atomic E-state index is 11.8. The van der Waals surface area contributed by atoms with Gasteiger partial charge in [-0.2, -0.15) is 0 Å². The lowest BCUT2D eigenvalue weighted by Gasteiger charge is -2.05. The van der Waals surface area contributed by atoms with Gasteiger partial charge in [-0.25, -0.2) is 9.78 Å². The molecule has 0 aliphatic carbocycles. The van der Waals surface area contributed by atoms with Gasteiger partial charge in [0.1, 0.15) is 17.1 Å². The molecule has 8 heteroatoms. The van der Waals surface area contributed by atoms with Crippen LogP contribution in [0.3, 0.4) is 0 Å². The fraction of sp³-hybridized carbons (Fsp3) is 0.167. The number of carbonyl (C=O) groups is 2. The second-order valence-corrected chi connectivity index (χ2v) is 3.95. The Balaban J connectivity index is 2.19. The average molecular weight is 276 g/mol. The van der Waals surface area contributed by atoms with Gasteiger partial charge in [0.05, 0.1) is 0 Å². The first kappa shape index (κ1) is 13.5. The molecule has 8 nitrogen and oxygen atoms in total. The number of hydrogen-bond acceptors (Lipinski definition) is 5. The number of carbonyl (C=O) groups excluding carboxylic acids is 1. The number of carboxylic acids is 1. The molecule has 0 saturated carbocycles. The second-order valence-electron chi connectivity index (χ2n) is 3.95. The topological polar surface area (TPSA) is 128 Å². The van der Waals surface area contributed by atoms with Crippen LogP contribution in [0.25, 0.3) is 0 Å². The quantitative estimate of drug-likeness (QED) is 0.617. The van der Waals surface area contributed by atoms with Crippen molar-refractivity contribution >= 4 is 17.6 Å². The Hall–Kier alpha value is -2.90. The molecule has 1 heterocycles. The summed E-state index contributed by atoms with van der Waals surface area (Å²) < 4.78 is 0. The van der Waals surface area contributed by atoms with Crippen molar-refractivity contribution in [2.45, 2.75) is 13.3 Å². The normalized spacial score (nSPS) is 10.2. The van der Waals surface area contributed by atoms with Gasteiger partial charge in [-0.1, -0.05) is 6.92 Å². The number of phenols is 1. The highest BCUT2D eigenvalue weighted by atomic mass is 16.4. The van der Waals surface area contributed by atoms with E-state index in [1.807, 2.05) is 6.92 Å². The van der Waals surface area contributed by atoms with Crippen LogP contribution in [0.1, 0.15) is 33.7 Å². The molecule has 1 amide bonds. The highest BCUT2D eigenvalue weighted by Crippen LogP contribution is 2.21. The van der Waals surface area contributed by atoms with Crippen LogP contribution >= 0.6 is 0 Å². The Labute approximate surface area is 113 Å². The number of rotatable bonds is 4. The van der Waals surface area contributed by atoms with E-state index in [9.17, 15) is 14.7 Å². The van der Waals surface area contributed by atoms with E-state index in [2.05, 4.69) is 20.5 Å². The lowest BCUT2D eigenvalue weighted by molar-refractivity contribution is 0.0693. The fourth-order valence-corrected chi connectivity index (χ4v) is 1.53. The monoisotopic (exact) mass is 276 g/mol. The molecular formula is C12H12N4O4. The summed E-state index contributed by atoms with van der Waals surface area (Å²) >= 11 is 0. The third-order valence-electron chi connectivity index (χ3n) is 2.55. The van der Waals surface area contributed by atoms with Crippen LogP contribution < -0.4 is 5.32 Å². The van der Waals surface area contributed by atoms with Gasteiger partial charge >= 0.3 is 5.97 Å². The number of aryl methyl sites for hydroxylation is 1. The average Bonchev–Trinajstić information content (AvgIpc) is 2.89. The summed E-state index contributed by atoms with van der Waals surface area (Å²) in [5, 5.41) is 27.1. The second kappa shape index (κ2) is 5.39. The summed E-state index contributed by atoms with van der Waals surface area (Å²) in [5.41, 5.74) is -0.0694. The van der Waals surface area contributed by atoms with Gasteiger partial charge < -0.3 is 15.5 Å². The van der Waals surface area contributed by atoms with Gasteiger partial charge in [-0.15, -0.1) is 5.10 Å². The van der Waals surface area contributed by atoms with Gasteiger partial charge in [0, 0.05) is 12.1 Å². The van der Waals surface area contributed by atoms with Crippen molar-refractivity contribution in [3.05, 3.63) is 35.4 Å². The van der Waals surface area contributed by atoms with Gasteiger partial charge in [0.2, 0.25) is 5.82 Å². The fourth-order valence-electron chi connectivity index (χ4n) is 1.53. The predicted octanol–water partition coefficient (Wildman–Crippen LogP) is 1.02. The lowest BCUT2D eigenvalue weighted by atomic mass is 10.2. The number of amides is 1. The molecule has 4 N–H and O–H groups in total. The minimum atomic E-state index is -1.29. The maximum atomic E-state index is 11.8. The van der Waals surface area contributed by atoms with Gasteiger partial charge in [0.25, 0.3) is 5.91 Å². The van der Waals surface area contributed by atoms with E-state index >= 15 is 0 Å². The first-order chi connectivity index (χ1) is 9.51. The summed E-state index contributed by atoms with van der Waals surface area (Å²) in [4.78, 5) is 26.7. The van der Waals surface area contributed by atoms with Crippen LogP contribution in [0.2, 0.25) is 0 Å². The van der Waals surface area contributed by atoms with Crippen LogP contribution in [-0.4, -0.2) is 37.3 Å². The first-order valence-corrected chi connectivity index (χ1v) is 5.80. The molecule has 0 atom stereocenters. The number of aromatic carboxylic acids is 1. The molecular weight excluding hydrogens is 264 g/mol. The molecule has 0 aliphatic rings. The zero-order valence-corrected chi connectivity index (χ0v) is 10.5. The molecule has 0 saturated heterocycles. The largest absolute Gasteiger partial charge is 0.507 e. The van der Waals surface area contributed by atoms with Crippen LogP contribution in [0.15, 0.2) is 18.2 Å². The summed E-state index contributed by atoms with van der Waals surface area (Å²) in [6, 6.07) is 3.73. The third kappa shape index (κ3) is 2.74. The molecule has 1 aromatic heterocycles. The first-order valence-electron chi connectivity index (χ1n) is 5.80. The number of nitrogens with one attached hydrogen (secondary N) is 2. The molecule has 104 valence electrons. The number of nitrogens with zero attached hydrogens (tertiary/aromatic N) is 2. The molecule has 0 radical (unpaired) electrons. The molecule has 0 aliphatic heterocycles. The van der Waals surface area contributed by atoms with Gasteiger partial charge in [-0.3, -0.25) is 9.89 Å². The SMILES string of the molecule is CCc1nc(C(=O)Nc2ccc(O)c(C(=O)O)c2)n[nH]1. The number of aromatic hydroxyl groups is 1. The van der Waals surface area contributed by atoms with E-state index in [4.69, 9.17) is 5.11 Å². The predicted molar refractivity (Wildman–Crippen MR) is 68.8 cm³/mol. The summed E-state index contributed by atoms with van der Waals surface area (Å²) in [6.45, 7) is 1.86. The molecule has 2 aromatic rings. The van der Waals surface area contributed by atoms with Crippen LogP contribution in [-0.2, 0) is 6.42 Å². The van der Waals surface area contributed by atoms with E-state index < -0.39 is 11.9 Å². The molecule has 0 spiro atoms. The van der Waals surface area contributed by atoms with Crippen molar-refractivity contribution < 1.29 is 19.8 Å².